The first-order chi connectivity index (χ1) is 9.32. The number of sulfonamides is 1. The van der Waals surface area contributed by atoms with Crippen LogP contribution in [-0.2, 0) is 19.6 Å². The summed E-state index contributed by atoms with van der Waals surface area (Å²) >= 11 is 0. The van der Waals surface area contributed by atoms with Crippen molar-refractivity contribution in [2.24, 2.45) is 16.7 Å². The Balaban J connectivity index is 2.25. The Morgan fingerprint density at radius 2 is 1.95 bits per heavy atom. The first kappa shape index (κ1) is 16.3. The second-order valence-electron chi connectivity index (χ2n) is 6.35. The van der Waals surface area contributed by atoms with Gasteiger partial charge in [0.15, 0.2) is 0 Å². The summed E-state index contributed by atoms with van der Waals surface area (Å²) in [5, 5.41) is 0. The van der Waals surface area contributed by atoms with Crippen LogP contribution in [0.4, 0.5) is 13.2 Å². The number of rotatable bonds is 3. The maximum Gasteiger partial charge on any atom is 0.472 e. The number of Topliss-reactive ketones (excluding diaryl/α,β-unsaturated/α-hetero) is 1. The average molecular weight is 327 g/mol. The lowest BCUT2D eigenvalue weighted by atomic mass is 9.70. The minimum atomic E-state index is -5.28. The van der Waals surface area contributed by atoms with E-state index in [4.69, 9.17) is 0 Å². The van der Waals surface area contributed by atoms with Crippen LogP contribution in [0.2, 0.25) is 0 Å². The number of hydrogen-bond donors (Lipinski definition) is 1. The van der Waals surface area contributed by atoms with Gasteiger partial charge in [-0.1, -0.05) is 13.8 Å². The minimum absolute atomic E-state index is 0.0403. The highest BCUT2D eigenvalue weighted by Crippen LogP contribution is 2.64. The molecule has 2 saturated carbocycles. The number of amides is 1. The zero-order chi connectivity index (χ0) is 16.3. The smallest absolute Gasteiger partial charge is 0.299 e. The Bertz CT molecular complexity index is 596. The molecule has 0 saturated heterocycles. The summed E-state index contributed by atoms with van der Waals surface area (Å²) in [6.07, 6.45) is -4.04. The van der Waals surface area contributed by atoms with Gasteiger partial charge >= 0.3 is 12.1 Å². The molecule has 0 heterocycles. The van der Waals surface area contributed by atoms with Gasteiger partial charge in [-0.25, -0.2) is 13.1 Å². The van der Waals surface area contributed by atoms with E-state index in [9.17, 15) is 31.2 Å². The van der Waals surface area contributed by atoms with Gasteiger partial charge in [0.2, 0.25) is 10.0 Å². The summed E-state index contributed by atoms with van der Waals surface area (Å²) in [6.45, 7) is 3.52. The van der Waals surface area contributed by atoms with E-state index >= 15 is 0 Å². The van der Waals surface area contributed by atoms with Crippen molar-refractivity contribution in [3.63, 3.8) is 0 Å². The SMILES string of the molecule is CC1(C)C2CCC1(CS(=O)(=O)NC(=O)C(F)(F)F)C(=O)C2. The van der Waals surface area contributed by atoms with Gasteiger partial charge in [0.1, 0.15) is 5.78 Å². The third-order valence-electron chi connectivity index (χ3n) is 5.08. The molecule has 2 bridgehead atoms. The molecule has 0 aromatic rings. The third-order valence-corrected chi connectivity index (χ3v) is 6.45. The molecule has 2 atom stereocenters. The molecule has 1 amide bonds. The van der Waals surface area contributed by atoms with Crippen LogP contribution in [0.3, 0.4) is 0 Å². The molecule has 0 spiro atoms. The molecular weight excluding hydrogens is 311 g/mol. The second-order valence-corrected chi connectivity index (χ2v) is 8.08. The molecule has 2 aliphatic carbocycles. The van der Waals surface area contributed by atoms with E-state index < -0.39 is 38.7 Å². The summed E-state index contributed by atoms with van der Waals surface area (Å²) in [4.78, 5) is 22.9. The van der Waals surface area contributed by atoms with Crippen molar-refractivity contribution in [3.8, 4) is 0 Å². The van der Waals surface area contributed by atoms with Crippen LogP contribution in [-0.4, -0.2) is 32.0 Å². The van der Waals surface area contributed by atoms with Crippen LogP contribution in [0.25, 0.3) is 0 Å². The minimum Gasteiger partial charge on any atom is -0.299 e. The van der Waals surface area contributed by atoms with E-state index in [1.54, 1.807) is 13.8 Å². The fraction of sp³-hybridized carbons (Fsp3) is 0.833. The summed E-state index contributed by atoms with van der Waals surface area (Å²) < 4.78 is 61.3. The van der Waals surface area contributed by atoms with Gasteiger partial charge in [-0.15, -0.1) is 0 Å². The Labute approximate surface area is 120 Å². The number of fused-ring (bicyclic) bond motifs is 2. The van der Waals surface area contributed by atoms with Crippen LogP contribution in [0.15, 0.2) is 0 Å². The first-order valence-corrected chi connectivity index (χ1v) is 8.12. The Morgan fingerprint density at radius 1 is 1.38 bits per heavy atom. The van der Waals surface area contributed by atoms with E-state index in [1.165, 1.54) is 0 Å². The van der Waals surface area contributed by atoms with Gasteiger partial charge in [-0.05, 0) is 24.2 Å². The fourth-order valence-corrected chi connectivity index (χ4v) is 5.46. The van der Waals surface area contributed by atoms with E-state index in [1.807, 2.05) is 0 Å². The van der Waals surface area contributed by atoms with Crippen LogP contribution >= 0.6 is 0 Å². The highest BCUT2D eigenvalue weighted by molar-refractivity contribution is 7.90. The lowest BCUT2D eigenvalue weighted by Crippen LogP contribution is -2.48. The number of carbonyl (C=O) groups is 2. The summed E-state index contributed by atoms with van der Waals surface area (Å²) in [5.41, 5.74) is -1.80. The normalized spacial score (nSPS) is 31.5. The molecule has 2 unspecified atom stereocenters. The van der Waals surface area contributed by atoms with E-state index in [-0.39, 0.29) is 18.1 Å². The molecule has 0 aliphatic heterocycles. The lowest BCUT2D eigenvalue weighted by molar-refractivity contribution is -0.171. The summed E-state index contributed by atoms with van der Waals surface area (Å²) in [6, 6.07) is 0. The van der Waals surface area contributed by atoms with Crippen molar-refractivity contribution >= 4 is 21.7 Å². The van der Waals surface area contributed by atoms with Crippen LogP contribution in [0.1, 0.15) is 33.1 Å². The molecule has 5 nitrogen and oxygen atoms in total. The van der Waals surface area contributed by atoms with Crippen molar-refractivity contribution in [3.05, 3.63) is 0 Å². The molecule has 1 N–H and O–H groups in total. The van der Waals surface area contributed by atoms with Gasteiger partial charge in [0.25, 0.3) is 0 Å². The van der Waals surface area contributed by atoms with Crippen LogP contribution in [0.5, 0.6) is 0 Å². The number of ketones is 1. The summed E-state index contributed by atoms with van der Waals surface area (Å²) in [5.74, 6) is -3.51. The predicted molar refractivity (Wildman–Crippen MR) is 66.5 cm³/mol. The average Bonchev–Trinajstić information content (AvgIpc) is 2.60. The quantitative estimate of drug-likeness (QED) is 0.849. The molecule has 2 aliphatic rings. The summed E-state index contributed by atoms with van der Waals surface area (Å²) in [7, 11) is -4.54. The van der Waals surface area contributed by atoms with Gasteiger partial charge in [-0.3, -0.25) is 9.59 Å². The Kier molecular flexibility index (Phi) is 3.43. The third kappa shape index (κ3) is 2.45. The zero-order valence-electron chi connectivity index (χ0n) is 11.6. The number of hydrogen-bond acceptors (Lipinski definition) is 4. The van der Waals surface area contributed by atoms with Crippen LogP contribution in [0, 0.1) is 16.7 Å². The predicted octanol–water partition coefficient (Wildman–Crippen LogP) is 1.39. The first-order valence-electron chi connectivity index (χ1n) is 6.47. The molecule has 120 valence electrons. The highest BCUT2D eigenvalue weighted by atomic mass is 32.2. The van der Waals surface area contributed by atoms with Crippen LogP contribution < -0.4 is 4.72 Å². The van der Waals surface area contributed by atoms with Gasteiger partial charge < -0.3 is 0 Å². The van der Waals surface area contributed by atoms with E-state index in [2.05, 4.69) is 0 Å². The van der Waals surface area contributed by atoms with Gasteiger partial charge in [0.05, 0.1) is 11.2 Å². The van der Waals surface area contributed by atoms with E-state index in [0.717, 1.165) is 4.72 Å². The van der Waals surface area contributed by atoms with Crippen molar-refractivity contribution in [2.75, 3.05) is 5.75 Å². The number of carbonyl (C=O) groups excluding carboxylic acids is 2. The largest absolute Gasteiger partial charge is 0.472 e. The Hall–Kier alpha value is -1.12. The molecule has 21 heavy (non-hydrogen) atoms. The molecule has 9 heteroatoms. The highest BCUT2D eigenvalue weighted by Gasteiger charge is 2.65. The topological polar surface area (TPSA) is 80.3 Å². The van der Waals surface area contributed by atoms with Gasteiger partial charge in [-0.2, -0.15) is 13.2 Å². The number of alkyl halides is 3. The molecule has 2 fully saturated rings. The van der Waals surface area contributed by atoms with Gasteiger partial charge in [0, 0.05) is 6.42 Å². The van der Waals surface area contributed by atoms with Crippen molar-refractivity contribution in [1.82, 2.24) is 4.72 Å². The maximum absolute atomic E-state index is 12.2. The Morgan fingerprint density at radius 3 is 2.33 bits per heavy atom. The van der Waals surface area contributed by atoms with E-state index in [0.29, 0.717) is 12.8 Å². The number of halogens is 3. The second kappa shape index (κ2) is 4.44. The molecule has 0 aromatic carbocycles. The standard InChI is InChI=1S/C12H16F3NO4S/c1-10(2)7-3-4-11(10,8(17)5-7)6-21(19,20)16-9(18)12(13,14)15/h7H,3-6H2,1-2H3,(H,16,18). The maximum atomic E-state index is 12.2. The lowest BCUT2D eigenvalue weighted by Gasteiger charge is -2.36. The molecule has 2 rings (SSSR count). The number of nitrogens with one attached hydrogen (secondary N) is 1. The molecule has 0 aromatic heterocycles. The molecular formula is C12H16F3NO4S. The molecule has 0 radical (unpaired) electrons. The zero-order valence-corrected chi connectivity index (χ0v) is 12.4. The fourth-order valence-electron chi connectivity index (χ4n) is 3.67. The van der Waals surface area contributed by atoms with Crippen molar-refractivity contribution < 1.29 is 31.2 Å². The monoisotopic (exact) mass is 327 g/mol. The van der Waals surface area contributed by atoms with Crippen molar-refractivity contribution in [2.45, 2.75) is 39.3 Å². The van der Waals surface area contributed by atoms with Crippen molar-refractivity contribution in [1.29, 1.82) is 0 Å².